The largest absolute Gasteiger partial charge is 0.490 e. The second kappa shape index (κ2) is 11.1. The Morgan fingerprint density at radius 2 is 1.95 bits per heavy atom. The quantitative estimate of drug-likeness (QED) is 0.416. The number of nitrogens with one attached hydrogen (secondary N) is 1. The monoisotopic (exact) mass is 626 g/mol. The third kappa shape index (κ3) is 5.26. The zero-order valence-corrected chi connectivity index (χ0v) is 25.9. The maximum atomic E-state index is 13.5. The highest BCUT2D eigenvalue weighted by atomic mass is 35.5. The van der Waals surface area contributed by atoms with Gasteiger partial charge in [0, 0.05) is 35.0 Å². The van der Waals surface area contributed by atoms with Crippen LogP contribution in [0, 0.1) is 23.7 Å². The predicted octanol–water partition coefficient (Wildman–Crippen LogP) is 4.48. The van der Waals surface area contributed by atoms with E-state index < -0.39 is 27.3 Å². The number of hydrogen-bond donors (Lipinski definition) is 2. The topological polar surface area (TPSA) is 105 Å². The van der Waals surface area contributed by atoms with Crippen LogP contribution in [-0.2, 0) is 26.6 Å². The van der Waals surface area contributed by atoms with E-state index in [2.05, 4.69) is 21.8 Å². The highest BCUT2D eigenvalue weighted by Gasteiger charge is 2.45. The van der Waals surface area contributed by atoms with Crippen molar-refractivity contribution in [2.24, 2.45) is 23.7 Å². The lowest BCUT2D eigenvalue weighted by atomic mass is 9.68. The Labute approximate surface area is 258 Å². The Balaban J connectivity index is 1.30. The first-order valence-corrected chi connectivity index (χ1v) is 17.4. The average molecular weight is 627 g/mol. The summed E-state index contributed by atoms with van der Waals surface area (Å²) >= 11 is 6.39. The fourth-order valence-corrected chi connectivity index (χ4v) is 9.79. The number of fused-ring (bicyclic) bond motifs is 5. The van der Waals surface area contributed by atoms with Gasteiger partial charge in [0.05, 0.1) is 31.6 Å². The summed E-state index contributed by atoms with van der Waals surface area (Å²) in [6, 6.07) is 11.4. The number of ether oxygens (including phenoxy) is 2. The van der Waals surface area contributed by atoms with Gasteiger partial charge in [0.25, 0.3) is 5.91 Å². The SMILES string of the molecule is C[C@@H]1/C=C/[C@H](O)[C@@H]2CC[C@H]2CN2C[C@@]3(CCCc4cc(Cl)ccc43)COc3ccc(cc32)C(=O)NS(=O)(=O)[C@@H]2COC[C@@H]12. The molecule has 2 aliphatic carbocycles. The van der Waals surface area contributed by atoms with Crippen molar-refractivity contribution in [2.45, 2.75) is 55.8 Å². The molecule has 0 aromatic heterocycles. The van der Waals surface area contributed by atoms with Gasteiger partial charge in [-0.25, -0.2) is 13.1 Å². The van der Waals surface area contributed by atoms with Gasteiger partial charge in [0.2, 0.25) is 10.0 Å². The van der Waals surface area contributed by atoms with Crippen LogP contribution in [0.3, 0.4) is 0 Å². The van der Waals surface area contributed by atoms with Crippen molar-refractivity contribution in [3.63, 3.8) is 0 Å². The van der Waals surface area contributed by atoms with Crippen LogP contribution in [-0.4, -0.2) is 63.7 Å². The van der Waals surface area contributed by atoms with Crippen LogP contribution in [0.1, 0.15) is 54.1 Å². The fraction of sp³-hybridized carbons (Fsp3) is 0.545. The third-order valence-electron chi connectivity index (χ3n) is 10.7. The van der Waals surface area contributed by atoms with Gasteiger partial charge < -0.3 is 19.5 Å². The molecule has 2 N–H and O–H groups in total. The van der Waals surface area contributed by atoms with Gasteiger partial charge in [0.1, 0.15) is 11.0 Å². The maximum Gasteiger partial charge on any atom is 0.264 e. The Hall–Kier alpha value is -2.59. The number of aliphatic hydroxyl groups excluding tert-OH is 1. The van der Waals surface area contributed by atoms with E-state index in [0.717, 1.165) is 42.8 Å². The first-order chi connectivity index (χ1) is 20.6. The van der Waals surface area contributed by atoms with E-state index in [9.17, 15) is 18.3 Å². The van der Waals surface area contributed by atoms with Crippen molar-refractivity contribution in [1.29, 1.82) is 0 Å². The minimum absolute atomic E-state index is 0.0271. The molecule has 1 saturated carbocycles. The van der Waals surface area contributed by atoms with Crippen LogP contribution in [0.2, 0.25) is 5.02 Å². The summed E-state index contributed by atoms with van der Waals surface area (Å²) in [7, 11) is -4.02. The molecule has 3 aliphatic heterocycles. The molecule has 1 spiro atoms. The number of carbonyl (C=O) groups is 1. The molecule has 0 radical (unpaired) electrons. The van der Waals surface area contributed by atoms with E-state index in [1.165, 1.54) is 11.1 Å². The normalized spacial score (nSPS) is 35.8. The number of allylic oxidation sites excluding steroid dienone is 1. The summed E-state index contributed by atoms with van der Waals surface area (Å²) in [5.41, 5.74) is 3.28. The van der Waals surface area contributed by atoms with Crippen LogP contribution in [0.15, 0.2) is 48.6 Å². The number of benzene rings is 2. The number of rotatable bonds is 0. The van der Waals surface area contributed by atoms with Gasteiger partial charge in [-0.1, -0.05) is 36.7 Å². The Morgan fingerprint density at radius 3 is 2.77 bits per heavy atom. The Bertz CT molecular complexity index is 1560. The molecule has 7 rings (SSSR count). The first kappa shape index (κ1) is 29.1. The summed E-state index contributed by atoms with van der Waals surface area (Å²) in [4.78, 5) is 15.8. The lowest BCUT2D eigenvalue weighted by molar-refractivity contribution is 0.0453. The number of aryl methyl sites for hydroxylation is 1. The summed E-state index contributed by atoms with van der Waals surface area (Å²) in [5.74, 6) is -0.0826. The van der Waals surface area contributed by atoms with Crippen LogP contribution >= 0.6 is 11.6 Å². The number of aliphatic hydroxyl groups is 1. The predicted molar refractivity (Wildman–Crippen MR) is 165 cm³/mol. The highest BCUT2D eigenvalue weighted by Crippen LogP contribution is 2.47. The molecule has 43 heavy (non-hydrogen) atoms. The van der Waals surface area contributed by atoms with Crippen LogP contribution in [0.5, 0.6) is 5.75 Å². The molecule has 5 aliphatic rings. The van der Waals surface area contributed by atoms with E-state index in [1.54, 1.807) is 18.2 Å². The minimum atomic E-state index is -4.02. The molecular formula is C33H39ClN2O6S. The molecule has 0 unspecified atom stereocenters. The molecule has 1 amide bonds. The number of carbonyl (C=O) groups excluding carboxylic acids is 1. The van der Waals surface area contributed by atoms with Crippen molar-refractivity contribution < 1.29 is 27.8 Å². The van der Waals surface area contributed by atoms with Gasteiger partial charge in [0.15, 0.2) is 0 Å². The van der Waals surface area contributed by atoms with Crippen LogP contribution in [0.4, 0.5) is 5.69 Å². The number of halogens is 1. The number of amides is 1. The molecule has 2 aromatic carbocycles. The van der Waals surface area contributed by atoms with Crippen molar-refractivity contribution in [2.75, 3.05) is 37.8 Å². The Morgan fingerprint density at radius 1 is 1.09 bits per heavy atom. The van der Waals surface area contributed by atoms with E-state index in [1.807, 2.05) is 25.1 Å². The lowest BCUT2D eigenvalue weighted by Crippen LogP contribution is -2.49. The van der Waals surface area contributed by atoms with Crippen LogP contribution < -0.4 is 14.4 Å². The van der Waals surface area contributed by atoms with E-state index in [4.69, 9.17) is 21.1 Å². The lowest BCUT2D eigenvalue weighted by Gasteiger charge is -2.45. The molecular weight excluding hydrogens is 588 g/mol. The molecule has 230 valence electrons. The molecule has 2 aromatic rings. The van der Waals surface area contributed by atoms with Crippen molar-refractivity contribution in [3.05, 3.63) is 70.3 Å². The molecule has 3 heterocycles. The molecule has 2 bridgehead atoms. The van der Waals surface area contributed by atoms with Gasteiger partial charge in [-0.15, -0.1) is 0 Å². The van der Waals surface area contributed by atoms with Gasteiger partial charge in [-0.3, -0.25) is 4.79 Å². The second-order valence-corrected chi connectivity index (χ2v) is 15.6. The summed E-state index contributed by atoms with van der Waals surface area (Å²) in [5, 5.41) is 11.1. The minimum Gasteiger partial charge on any atom is -0.490 e. The number of hydrogen-bond acceptors (Lipinski definition) is 7. The number of anilines is 1. The third-order valence-corrected chi connectivity index (χ3v) is 12.6. The summed E-state index contributed by atoms with van der Waals surface area (Å²) < 4.78 is 41.4. The molecule has 2 fully saturated rings. The standard InChI is InChI=1S/C33H39ClN2O6S/c1-20-4-10-29(37)25-8-5-23(25)15-36-18-33(12-2-3-21-13-24(34)7-9-27(21)33)19-42-30-11-6-22(14-28(30)36)32(38)35-43(39,40)31-17-41-16-26(20)31/h4,6-7,9-11,13-14,20,23,25-26,29,31,37H,2-3,5,8,12,15-19H2,1H3,(H,35,38)/b10-4+/t20-,23+,25-,26+,29+,31-,33+/m1/s1. The van der Waals surface area contributed by atoms with Crippen molar-refractivity contribution in [1.82, 2.24) is 4.72 Å². The molecule has 10 heteroatoms. The van der Waals surface area contributed by atoms with Crippen molar-refractivity contribution in [3.8, 4) is 5.75 Å². The van der Waals surface area contributed by atoms with Gasteiger partial charge >= 0.3 is 0 Å². The zero-order valence-electron chi connectivity index (χ0n) is 24.4. The van der Waals surface area contributed by atoms with Gasteiger partial charge in [-0.2, -0.15) is 0 Å². The highest BCUT2D eigenvalue weighted by molar-refractivity contribution is 7.90. The number of nitrogens with zero attached hydrogens (tertiary/aromatic N) is 1. The smallest absolute Gasteiger partial charge is 0.264 e. The molecule has 1 saturated heterocycles. The summed E-state index contributed by atoms with van der Waals surface area (Å²) in [6.07, 6.45) is 8.04. The summed E-state index contributed by atoms with van der Waals surface area (Å²) in [6.45, 7) is 4.14. The second-order valence-electron chi connectivity index (χ2n) is 13.2. The molecule has 8 nitrogen and oxygen atoms in total. The first-order valence-electron chi connectivity index (χ1n) is 15.4. The zero-order chi connectivity index (χ0) is 29.9. The molecule has 7 atom stereocenters. The number of sulfonamides is 1. The van der Waals surface area contributed by atoms with E-state index in [0.29, 0.717) is 25.4 Å². The van der Waals surface area contributed by atoms with Crippen LogP contribution in [0.25, 0.3) is 0 Å². The Kier molecular flexibility index (Phi) is 7.51. The van der Waals surface area contributed by atoms with E-state index >= 15 is 0 Å². The van der Waals surface area contributed by atoms with Gasteiger partial charge in [-0.05, 0) is 91.3 Å². The van der Waals surface area contributed by atoms with E-state index in [-0.39, 0.29) is 47.9 Å². The van der Waals surface area contributed by atoms with Crippen molar-refractivity contribution >= 4 is 33.2 Å². The fourth-order valence-electron chi connectivity index (χ4n) is 8.01. The maximum absolute atomic E-state index is 13.5. The average Bonchev–Trinajstić information content (AvgIpc) is 3.42.